The number of halogens is 2. The van der Waals surface area contributed by atoms with Gasteiger partial charge in [0, 0.05) is 40.8 Å². The number of amides is 3. The third kappa shape index (κ3) is 9.50. The molecule has 3 aromatic carbocycles. The van der Waals surface area contributed by atoms with Crippen LogP contribution >= 0.6 is 24.0 Å². The number of tetrazole rings is 1. The highest BCUT2D eigenvalue weighted by molar-refractivity contribution is 6.34. The first-order valence-corrected chi connectivity index (χ1v) is 17.7. The second-order valence-electron chi connectivity index (χ2n) is 13.3. The van der Waals surface area contributed by atoms with E-state index in [4.69, 9.17) is 17.3 Å². The van der Waals surface area contributed by atoms with Gasteiger partial charge in [-0.05, 0) is 123 Å². The van der Waals surface area contributed by atoms with Crippen molar-refractivity contribution in [2.75, 3.05) is 25.0 Å². The molecule has 3 amide bonds. The highest BCUT2D eigenvalue weighted by Gasteiger charge is 2.29. The zero-order chi connectivity index (χ0) is 35.0. The molecule has 4 aromatic rings. The van der Waals surface area contributed by atoms with Crippen LogP contribution in [0, 0.1) is 18.8 Å². The molecule has 2 fully saturated rings. The Kier molecular flexibility index (Phi) is 13.2. The second-order valence-corrected chi connectivity index (χ2v) is 13.7. The topological polar surface area (TPSA) is 180 Å². The summed E-state index contributed by atoms with van der Waals surface area (Å²) in [5.41, 5.74) is 11.1. The quantitative estimate of drug-likeness (QED) is 0.127. The van der Waals surface area contributed by atoms with Crippen LogP contribution in [0.2, 0.25) is 5.02 Å². The first kappa shape index (κ1) is 37.9. The lowest BCUT2D eigenvalue weighted by molar-refractivity contribution is -0.130. The van der Waals surface area contributed by atoms with Crippen molar-refractivity contribution in [3.8, 4) is 22.5 Å². The molecule has 1 saturated carbocycles. The molecule has 0 unspecified atom stereocenters. The predicted molar refractivity (Wildman–Crippen MR) is 201 cm³/mol. The molecule has 2 aliphatic rings. The van der Waals surface area contributed by atoms with E-state index in [0.29, 0.717) is 41.0 Å². The number of rotatable bonds is 11. The minimum atomic E-state index is -0.805. The van der Waals surface area contributed by atoms with Gasteiger partial charge in [0.2, 0.25) is 17.6 Å². The van der Waals surface area contributed by atoms with Crippen LogP contribution in [0.5, 0.6) is 0 Å². The van der Waals surface area contributed by atoms with E-state index >= 15 is 0 Å². The van der Waals surface area contributed by atoms with Gasteiger partial charge in [0.15, 0.2) is 0 Å². The average Bonchev–Trinajstić information content (AvgIpc) is 3.69. The van der Waals surface area contributed by atoms with Gasteiger partial charge in [-0.15, -0.1) is 22.6 Å². The van der Waals surface area contributed by atoms with Gasteiger partial charge in [-0.1, -0.05) is 41.9 Å². The summed E-state index contributed by atoms with van der Waals surface area (Å²) in [6, 6.07) is 18.0. The van der Waals surface area contributed by atoms with Crippen molar-refractivity contribution in [1.29, 1.82) is 0 Å². The van der Waals surface area contributed by atoms with Crippen LogP contribution < -0.4 is 27.0 Å². The number of carbonyl (C=O) groups excluding carboxylic acids is 3. The third-order valence-electron chi connectivity index (χ3n) is 9.95. The van der Waals surface area contributed by atoms with Gasteiger partial charge in [-0.2, -0.15) is 5.21 Å². The highest BCUT2D eigenvalue weighted by atomic mass is 35.5. The predicted octanol–water partition coefficient (Wildman–Crippen LogP) is 4.83. The lowest BCUT2D eigenvalue weighted by Crippen LogP contribution is -2.48. The number of hydrogen-bond donors (Lipinski definition) is 6. The van der Waals surface area contributed by atoms with Crippen molar-refractivity contribution >= 4 is 47.4 Å². The molecule has 1 aliphatic carbocycles. The SMILES string of the molecule is Cc1c(C(=O)NC2CCNCC2)ccc(-c2ccc(C[C@H](NC(=O)[C@H]3CC[C@H](CN)CC3)C(=O)Nc3ccc(-c4nn[nH]n4)cc3)cc2)c1Cl.Cl. The summed E-state index contributed by atoms with van der Waals surface area (Å²) in [4.78, 5) is 40.2. The summed E-state index contributed by atoms with van der Waals surface area (Å²) >= 11 is 6.84. The Hall–Kier alpha value is -4.36. The lowest BCUT2D eigenvalue weighted by Gasteiger charge is -2.28. The molecule has 0 spiro atoms. The minimum absolute atomic E-state index is 0. The van der Waals surface area contributed by atoms with Crippen LogP contribution in [0.1, 0.15) is 60.0 Å². The maximum Gasteiger partial charge on any atom is 0.251 e. The number of carbonyl (C=O) groups is 3. The fourth-order valence-corrected chi connectivity index (χ4v) is 7.09. The number of anilines is 1. The maximum absolute atomic E-state index is 13.7. The second kappa shape index (κ2) is 17.7. The number of hydrogen-bond acceptors (Lipinski definition) is 8. The first-order valence-electron chi connectivity index (χ1n) is 17.3. The number of benzene rings is 3. The van der Waals surface area contributed by atoms with E-state index in [-0.39, 0.29) is 42.1 Å². The minimum Gasteiger partial charge on any atom is -0.349 e. The number of nitrogens with one attached hydrogen (secondary N) is 5. The molecule has 51 heavy (non-hydrogen) atoms. The van der Waals surface area contributed by atoms with E-state index in [1.165, 1.54) is 0 Å². The Balaban J connectivity index is 0.00000504. The van der Waals surface area contributed by atoms with Gasteiger partial charge in [-0.3, -0.25) is 14.4 Å². The van der Waals surface area contributed by atoms with Crippen molar-refractivity contribution in [3.63, 3.8) is 0 Å². The molecular weight excluding hydrogens is 689 g/mol. The van der Waals surface area contributed by atoms with E-state index in [9.17, 15) is 14.4 Å². The zero-order valence-electron chi connectivity index (χ0n) is 28.6. The molecular formula is C37H45Cl2N9O3. The van der Waals surface area contributed by atoms with E-state index < -0.39 is 6.04 Å². The van der Waals surface area contributed by atoms with E-state index in [1.807, 2.05) is 43.3 Å². The maximum atomic E-state index is 13.7. The van der Waals surface area contributed by atoms with Crippen LogP contribution in [0.4, 0.5) is 5.69 Å². The van der Waals surface area contributed by atoms with Gasteiger partial charge in [0.05, 0.1) is 5.02 Å². The smallest absolute Gasteiger partial charge is 0.251 e. The summed E-state index contributed by atoms with van der Waals surface area (Å²) < 4.78 is 0. The monoisotopic (exact) mass is 733 g/mol. The van der Waals surface area contributed by atoms with Crippen molar-refractivity contribution < 1.29 is 14.4 Å². The first-order chi connectivity index (χ1) is 24.3. The molecule has 6 rings (SSSR count). The van der Waals surface area contributed by atoms with Gasteiger partial charge >= 0.3 is 0 Å². The van der Waals surface area contributed by atoms with Gasteiger partial charge in [0.25, 0.3) is 5.91 Å². The van der Waals surface area contributed by atoms with Crippen LogP contribution in [0.15, 0.2) is 60.7 Å². The molecule has 2 heterocycles. The molecule has 7 N–H and O–H groups in total. The van der Waals surface area contributed by atoms with E-state index in [0.717, 1.165) is 79.4 Å². The Labute approximate surface area is 308 Å². The molecule has 12 nitrogen and oxygen atoms in total. The molecule has 14 heteroatoms. The Morgan fingerprint density at radius 2 is 1.61 bits per heavy atom. The highest BCUT2D eigenvalue weighted by Crippen LogP contribution is 2.33. The summed E-state index contributed by atoms with van der Waals surface area (Å²) in [5, 5.41) is 27.0. The van der Waals surface area contributed by atoms with Crippen LogP contribution in [-0.4, -0.2) is 70.1 Å². The summed E-state index contributed by atoms with van der Waals surface area (Å²) in [7, 11) is 0. The van der Waals surface area contributed by atoms with Gasteiger partial charge in [0.1, 0.15) is 6.04 Å². The van der Waals surface area contributed by atoms with Crippen LogP contribution in [0.3, 0.4) is 0 Å². The number of aromatic amines is 1. The Bertz CT molecular complexity index is 1770. The molecule has 1 aromatic heterocycles. The largest absolute Gasteiger partial charge is 0.349 e. The fourth-order valence-electron chi connectivity index (χ4n) is 6.81. The van der Waals surface area contributed by atoms with Crippen molar-refractivity contribution in [2.45, 2.75) is 64.0 Å². The normalized spacial score (nSPS) is 18.3. The van der Waals surface area contributed by atoms with Crippen molar-refractivity contribution in [1.82, 2.24) is 36.6 Å². The number of nitrogens with two attached hydrogens (primary N) is 1. The molecule has 1 aliphatic heterocycles. The van der Waals surface area contributed by atoms with Crippen molar-refractivity contribution in [3.05, 3.63) is 82.4 Å². The number of piperidine rings is 1. The van der Waals surface area contributed by atoms with Crippen LogP contribution in [0.25, 0.3) is 22.5 Å². The summed E-state index contributed by atoms with van der Waals surface area (Å²) in [6.45, 7) is 4.28. The van der Waals surface area contributed by atoms with Crippen LogP contribution in [-0.2, 0) is 16.0 Å². The average molecular weight is 735 g/mol. The molecule has 0 bridgehead atoms. The van der Waals surface area contributed by atoms with Crippen molar-refractivity contribution in [2.24, 2.45) is 17.6 Å². The molecule has 1 atom stereocenters. The zero-order valence-corrected chi connectivity index (χ0v) is 30.2. The Morgan fingerprint density at radius 3 is 2.25 bits per heavy atom. The fraction of sp³-hybridized carbons (Fsp3) is 0.405. The molecule has 1 saturated heterocycles. The number of nitrogens with zero attached hydrogens (tertiary/aromatic N) is 3. The molecule has 270 valence electrons. The van der Waals surface area contributed by atoms with Gasteiger partial charge in [-0.25, -0.2) is 0 Å². The lowest BCUT2D eigenvalue weighted by atomic mass is 9.81. The summed E-state index contributed by atoms with van der Waals surface area (Å²) in [6.07, 6.45) is 5.43. The number of H-pyrrole nitrogens is 1. The number of aromatic nitrogens is 4. The third-order valence-corrected chi connectivity index (χ3v) is 10.4. The van der Waals surface area contributed by atoms with E-state index in [1.54, 1.807) is 24.3 Å². The van der Waals surface area contributed by atoms with E-state index in [2.05, 4.69) is 41.9 Å². The van der Waals surface area contributed by atoms with Gasteiger partial charge < -0.3 is 27.0 Å². The standard InChI is InChI=1S/C37H44ClN9O3.ClH/c1-22-30(36(49)41-29-16-18-40-19-17-29)14-15-31(33(22)38)25-6-2-23(3-7-25)20-32(43-35(48)27-8-4-24(21-39)5-9-27)37(50)42-28-12-10-26(11-13-28)34-44-46-47-45-34;/h2-3,6-7,10-15,24,27,29,32,40H,4-5,8-9,16-21,39H2,1H3,(H,41,49)(H,42,50)(H,43,48)(H,44,45,46,47);1H/t24-,27-,32-;/m0./s1. The molecule has 0 radical (unpaired) electrons. The Morgan fingerprint density at radius 1 is 0.922 bits per heavy atom. The summed E-state index contributed by atoms with van der Waals surface area (Å²) in [5.74, 6) is 0.196.